The topological polar surface area (TPSA) is 116 Å². The highest BCUT2D eigenvalue weighted by Crippen LogP contribution is 2.55. The summed E-state index contributed by atoms with van der Waals surface area (Å²) in [6.45, 7) is 1.59. The average Bonchev–Trinajstić information content (AvgIpc) is 3.04. The molecule has 10 heteroatoms. The zero-order chi connectivity index (χ0) is 32.9. The second-order valence-corrected chi connectivity index (χ2v) is 13.7. The van der Waals surface area contributed by atoms with Crippen LogP contribution in [0.15, 0.2) is 77.6 Å². The highest BCUT2D eigenvalue weighted by atomic mass is 35.5. The molecule has 4 aliphatic rings. The summed E-state index contributed by atoms with van der Waals surface area (Å²) >= 11 is 6.35. The first-order chi connectivity index (χ1) is 22.6. The van der Waals surface area contributed by atoms with Gasteiger partial charge in [0.2, 0.25) is 11.8 Å². The maximum Gasteiger partial charge on any atom is 0.514 e. The van der Waals surface area contributed by atoms with Crippen molar-refractivity contribution in [2.75, 3.05) is 7.11 Å². The Labute approximate surface area is 277 Å². The number of fused-ring (bicyclic) bond motifs is 1. The molecular formula is C37H36ClN3O6. The number of rotatable bonds is 7. The molecule has 9 nitrogen and oxygen atoms in total. The molecule has 3 unspecified atom stereocenters. The summed E-state index contributed by atoms with van der Waals surface area (Å²) in [5.74, 6) is 1.20. The predicted octanol–water partition coefficient (Wildman–Crippen LogP) is 6.19. The van der Waals surface area contributed by atoms with Crippen LogP contribution in [0.3, 0.4) is 0 Å². The number of benzene rings is 3. The molecule has 4 aromatic rings. The quantitative estimate of drug-likeness (QED) is 0.230. The van der Waals surface area contributed by atoms with Gasteiger partial charge in [0.05, 0.1) is 18.2 Å². The summed E-state index contributed by atoms with van der Waals surface area (Å²) in [4.78, 5) is 51.8. The van der Waals surface area contributed by atoms with Crippen LogP contribution in [0.2, 0.25) is 5.02 Å². The van der Waals surface area contributed by atoms with Gasteiger partial charge in [-0.25, -0.2) is 4.79 Å². The molecule has 2 amide bonds. The third-order valence-electron chi connectivity index (χ3n) is 10.2. The Hall–Kier alpha value is -4.63. The summed E-state index contributed by atoms with van der Waals surface area (Å²) in [6.07, 6.45) is 4.17. The highest BCUT2D eigenvalue weighted by molar-refractivity contribution is 6.31. The molecule has 4 aliphatic carbocycles. The summed E-state index contributed by atoms with van der Waals surface area (Å²) in [7, 11) is 1.21. The van der Waals surface area contributed by atoms with E-state index in [1.807, 2.05) is 42.5 Å². The SMILES string of the molecule is COC(=O)Oc1c(Cc2ccc(C(=O)NC3[C@@H]4CC5C[C@H]3CC(NC(C)=O)(C5)C4)cc2)c(=O)c2ccc(Cl)cc2n1-c1ccccc1. The monoisotopic (exact) mass is 653 g/mol. The summed E-state index contributed by atoms with van der Waals surface area (Å²) in [5.41, 5.74) is 2.26. The third kappa shape index (κ3) is 5.89. The maximum atomic E-state index is 13.9. The van der Waals surface area contributed by atoms with Gasteiger partial charge >= 0.3 is 6.16 Å². The Morgan fingerprint density at radius 1 is 0.957 bits per heavy atom. The summed E-state index contributed by atoms with van der Waals surface area (Å²) < 4.78 is 12.2. The number of halogens is 1. The zero-order valence-corrected chi connectivity index (χ0v) is 27.0. The highest BCUT2D eigenvalue weighted by Gasteiger charge is 2.56. The summed E-state index contributed by atoms with van der Waals surface area (Å²) in [5, 5.41) is 7.42. The van der Waals surface area contributed by atoms with Crippen LogP contribution in [0.5, 0.6) is 5.88 Å². The number of carbonyl (C=O) groups is 3. The van der Waals surface area contributed by atoms with E-state index in [4.69, 9.17) is 21.1 Å². The van der Waals surface area contributed by atoms with Gasteiger partial charge < -0.3 is 20.1 Å². The zero-order valence-electron chi connectivity index (χ0n) is 26.3. The lowest BCUT2D eigenvalue weighted by molar-refractivity contribution is -0.125. The van der Waals surface area contributed by atoms with Crippen molar-refractivity contribution in [1.29, 1.82) is 0 Å². The standard InChI is InChI=1S/C37H36ClN3O6/c1-21(42)40-37-18-23-14-25(19-37)32(26(15-23)20-37)39-34(44)24-10-8-22(9-11-24)16-30-33(43)29-13-12-27(38)17-31(29)41(28-6-4-3-5-7-28)35(30)47-36(45)46-2/h3-13,17,23,25-26,32H,14-16,18-20H2,1-2H3,(H,39,44)(H,40,42)/t23?,25-,26+,32?,37?. The number of nitrogens with one attached hydrogen (secondary N) is 2. The molecule has 4 fully saturated rings. The van der Waals surface area contributed by atoms with Crippen molar-refractivity contribution in [1.82, 2.24) is 15.2 Å². The largest absolute Gasteiger partial charge is 0.514 e. The molecule has 8 rings (SSSR count). The molecule has 0 radical (unpaired) electrons. The Morgan fingerprint density at radius 3 is 2.32 bits per heavy atom. The van der Waals surface area contributed by atoms with Gasteiger partial charge in [-0.3, -0.25) is 19.0 Å². The number of amides is 2. The minimum Gasteiger partial charge on any atom is -0.437 e. The van der Waals surface area contributed by atoms with Crippen LogP contribution in [0.4, 0.5) is 4.79 Å². The number of hydrogen-bond acceptors (Lipinski definition) is 6. The van der Waals surface area contributed by atoms with Crippen molar-refractivity contribution in [2.24, 2.45) is 17.8 Å². The molecule has 0 spiro atoms. The van der Waals surface area contributed by atoms with Gasteiger partial charge in [0, 0.05) is 46.6 Å². The van der Waals surface area contributed by atoms with Gasteiger partial charge in [-0.2, -0.15) is 0 Å². The van der Waals surface area contributed by atoms with E-state index in [-0.39, 0.29) is 46.7 Å². The van der Waals surface area contributed by atoms with Crippen LogP contribution >= 0.6 is 11.6 Å². The molecule has 4 saturated carbocycles. The van der Waals surface area contributed by atoms with E-state index in [1.165, 1.54) is 7.11 Å². The molecule has 242 valence electrons. The fraction of sp³-hybridized carbons (Fsp3) is 0.351. The van der Waals surface area contributed by atoms with E-state index in [1.54, 1.807) is 41.8 Å². The van der Waals surface area contributed by atoms with E-state index in [2.05, 4.69) is 10.6 Å². The van der Waals surface area contributed by atoms with Crippen LogP contribution in [-0.4, -0.2) is 41.2 Å². The minimum atomic E-state index is -0.962. The smallest absolute Gasteiger partial charge is 0.437 e. The number of pyridine rings is 1. The molecule has 5 atom stereocenters. The molecule has 1 heterocycles. The number of hydrogen-bond donors (Lipinski definition) is 2. The van der Waals surface area contributed by atoms with E-state index in [0.29, 0.717) is 44.9 Å². The van der Waals surface area contributed by atoms with Gasteiger partial charge in [0.25, 0.3) is 5.91 Å². The molecule has 0 aliphatic heterocycles. The van der Waals surface area contributed by atoms with Gasteiger partial charge in [-0.1, -0.05) is 41.9 Å². The van der Waals surface area contributed by atoms with Gasteiger partial charge in [0.15, 0.2) is 5.43 Å². The first-order valence-electron chi connectivity index (χ1n) is 16.0. The normalized spacial score (nSPS) is 24.1. The first-order valence-corrected chi connectivity index (χ1v) is 16.4. The second kappa shape index (κ2) is 12.2. The van der Waals surface area contributed by atoms with Crippen LogP contribution in [0.25, 0.3) is 16.6 Å². The van der Waals surface area contributed by atoms with Crippen molar-refractivity contribution < 1.29 is 23.9 Å². The fourth-order valence-corrected chi connectivity index (χ4v) is 8.77. The molecule has 4 bridgehead atoms. The third-order valence-corrected chi connectivity index (χ3v) is 10.4. The Morgan fingerprint density at radius 2 is 1.66 bits per heavy atom. The minimum absolute atomic E-state index is 0.0173. The van der Waals surface area contributed by atoms with Crippen LogP contribution < -0.4 is 20.8 Å². The number of carbonyl (C=O) groups excluding carboxylic acids is 3. The molecule has 3 aromatic carbocycles. The number of ether oxygens (including phenoxy) is 2. The Kier molecular flexibility index (Phi) is 8.04. The first kappa shape index (κ1) is 31.0. The second-order valence-electron chi connectivity index (χ2n) is 13.3. The van der Waals surface area contributed by atoms with Gasteiger partial charge in [-0.15, -0.1) is 0 Å². The molecule has 0 saturated heterocycles. The predicted molar refractivity (Wildman–Crippen MR) is 178 cm³/mol. The van der Waals surface area contributed by atoms with Gasteiger partial charge in [0.1, 0.15) is 0 Å². The van der Waals surface area contributed by atoms with Crippen LogP contribution in [0, 0.1) is 17.8 Å². The molecular weight excluding hydrogens is 618 g/mol. The fourth-order valence-electron chi connectivity index (χ4n) is 8.60. The maximum absolute atomic E-state index is 13.9. The van der Waals surface area contributed by atoms with E-state index in [9.17, 15) is 19.2 Å². The lowest BCUT2D eigenvalue weighted by atomic mass is 9.51. The number of methoxy groups -OCH3 is 1. The lowest BCUT2D eigenvalue weighted by Gasteiger charge is -2.60. The van der Waals surface area contributed by atoms with Crippen molar-refractivity contribution in [3.8, 4) is 11.6 Å². The Bertz CT molecular complexity index is 1920. The van der Waals surface area contributed by atoms with Crippen molar-refractivity contribution in [2.45, 2.75) is 57.0 Å². The van der Waals surface area contributed by atoms with Crippen LogP contribution in [-0.2, 0) is 16.0 Å². The molecule has 2 N–H and O–H groups in total. The number of nitrogens with zero attached hydrogens (tertiary/aromatic N) is 1. The van der Waals surface area contributed by atoms with E-state index in [0.717, 1.165) is 37.7 Å². The number of para-hydroxylation sites is 1. The lowest BCUT2D eigenvalue weighted by Crippen LogP contribution is -2.66. The Balaban J connectivity index is 1.17. The molecule has 1 aromatic heterocycles. The van der Waals surface area contributed by atoms with Crippen molar-refractivity contribution in [3.05, 3.63) is 105 Å². The van der Waals surface area contributed by atoms with E-state index >= 15 is 0 Å². The average molecular weight is 654 g/mol. The molecule has 47 heavy (non-hydrogen) atoms. The van der Waals surface area contributed by atoms with Gasteiger partial charge in [-0.05, 0) is 97.9 Å². The van der Waals surface area contributed by atoms with Crippen molar-refractivity contribution in [3.63, 3.8) is 0 Å². The van der Waals surface area contributed by atoms with Crippen molar-refractivity contribution >= 4 is 40.5 Å². The number of aromatic nitrogens is 1. The van der Waals surface area contributed by atoms with Crippen LogP contribution in [0.1, 0.15) is 60.5 Å². The van der Waals surface area contributed by atoms with E-state index < -0.39 is 6.16 Å². The summed E-state index contributed by atoms with van der Waals surface area (Å²) in [6, 6.07) is 21.5.